The summed E-state index contributed by atoms with van der Waals surface area (Å²) >= 11 is 0. The average molecular weight is 387 g/mol. The number of alkyl halides is 3. The van der Waals surface area contributed by atoms with Crippen molar-refractivity contribution in [2.24, 2.45) is 16.7 Å². The summed E-state index contributed by atoms with van der Waals surface area (Å²) in [6.07, 6.45) is -4.79. The first kappa shape index (κ1) is 19.3. The van der Waals surface area contributed by atoms with Gasteiger partial charge in [0.1, 0.15) is 17.5 Å². The quantitative estimate of drug-likeness (QED) is 0.841. The van der Waals surface area contributed by atoms with E-state index in [1.165, 1.54) is 17.0 Å². The topological polar surface area (TPSA) is 76.1 Å². The van der Waals surface area contributed by atoms with Crippen LogP contribution in [0.2, 0.25) is 0 Å². The number of likely N-dealkylation sites (tertiary alicyclic amines) is 1. The van der Waals surface area contributed by atoms with Crippen molar-refractivity contribution >= 4 is 11.9 Å². The van der Waals surface area contributed by atoms with Crippen LogP contribution in [0.15, 0.2) is 24.3 Å². The fourth-order valence-electron chi connectivity index (χ4n) is 4.33. The van der Waals surface area contributed by atoms with Crippen LogP contribution in [0.4, 0.5) is 13.2 Å². The van der Waals surface area contributed by atoms with E-state index >= 15 is 0 Å². The van der Waals surface area contributed by atoms with Gasteiger partial charge >= 0.3 is 12.3 Å². The predicted octanol–water partition coefficient (Wildman–Crippen LogP) is 2.92. The van der Waals surface area contributed by atoms with Gasteiger partial charge in [0, 0.05) is 12.0 Å². The minimum atomic E-state index is -4.79. The Kier molecular flexibility index (Phi) is 4.32. The highest BCUT2D eigenvalue weighted by Gasteiger charge is 2.78. The van der Waals surface area contributed by atoms with Crippen LogP contribution in [-0.2, 0) is 9.59 Å². The van der Waals surface area contributed by atoms with Gasteiger partial charge in [0.25, 0.3) is 5.91 Å². The average Bonchev–Trinajstić information content (AvgIpc) is 2.84. The summed E-state index contributed by atoms with van der Waals surface area (Å²) < 4.78 is 45.5. The molecule has 1 amide bonds. The maximum Gasteiger partial charge on any atom is 0.573 e. The minimum absolute atomic E-state index is 0.105. The number of aliphatic carboxylic acids is 1. The lowest BCUT2D eigenvalue weighted by molar-refractivity contribution is -0.274. The van der Waals surface area contributed by atoms with E-state index in [4.69, 9.17) is 4.74 Å². The van der Waals surface area contributed by atoms with Crippen LogP contribution in [0.1, 0.15) is 20.8 Å². The van der Waals surface area contributed by atoms with Crippen molar-refractivity contribution in [1.29, 1.82) is 0 Å². The number of halogens is 3. The number of piperidine rings is 1. The van der Waals surface area contributed by atoms with E-state index in [1.54, 1.807) is 0 Å². The van der Waals surface area contributed by atoms with Crippen molar-refractivity contribution in [1.82, 2.24) is 4.90 Å². The number of fused-ring (bicyclic) bond motifs is 1. The number of hydrogen-bond acceptors (Lipinski definition) is 4. The lowest BCUT2D eigenvalue weighted by Gasteiger charge is -2.31. The predicted molar refractivity (Wildman–Crippen MR) is 87.1 cm³/mol. The molecule has 6 nitrogen and oxygen atoms in total. The number of amides is 1. The monoisotopic (exact) mass is 387 g/mol. The Morgan fingerprint density at radius 2 is 1.74 bits per heavy atom. The number of carbonyl (C=O) groups excluding carboxylic acids is 1. The number of benzene rings is 1. The Bertz CT molecular complexity index is 761. The van der Waals surface area contributed by atoms with E-state index in [2.05, 4.69) is 4.74 Å². The molecule has 2 aliphatic rings. The van der Waals surface area contributed by atoms with Crippen LogP contribution in [-0.4, -0.2) is 47.4 Å². The normalized spacial score (nSPS) is 28.4. The first-order valence-corrected chi connectivity index (χ1v) is 8.39. The van der Waals surface area contributed by atoms with Crippen molar-refractivity contribution < 1.29 is 37.3 Å². The molecule has 9 heteroatoms. The van der Waals surface area contributed by atoms with Crippen LogP contribution in [0.3, 0.4) is 0 Å². The molecule has 2 fully saturated rings. The molecule has 1 heterocycles. The van der Waals surface area contributed by atoms with E-state index in [1.807, 2.05) is 20.8 Å². The SMILES string of the molecule is CC1(C)[C@@H]2CN(C(=O)COc3ccc(OC(F)(F)F)cc3)[C@H](C(=O)O)[C@]21C. The Morgan fingerprint density at radius 1 is 1.19 bits per heavy atom. The second kappa shape index (κ2) is 6.03. The van der Waals surface area contributed by atoms with Crippen LogP contribution < -0.4 is 9.47 Å². The van der Waals surface area contributed by atoms with E-state index in [0.717, 1.165) is 12.1 Å². The third kappa shape index (κ3) is 3.19. The number of ether oxygens (including phenoxy) is 2. The second-order valence-corrected chi connectivity index (χ2v) is 7.65. The van der Waals surface area contributed by atoms with Crippen molar-refractivity contribution in [2.75, 3.05) is 13.2 Å². The first-order valence-electron chi connectivity index (χ1n) is 8.39. The zero-order valence-electron chi connectivity index (χ0n) is 15.0. The van der Waals surface area contributed by atoms with Crippen LogP contribution in [0.25, 0.3) is 0 Å². The van der Waals surface area contributed by atoms with E-state index < -0.39 is 42.1 Å². The molecule has 1 saturated heterocycles. The zero-order chi connectivity index (χ0) is 20.2. The smallest absolute Gasteiger partial charge is 0.484 e. The highest BCUT2D eigenvalue weighted by Crippen LogP contribution is 2.74. The second-order valence-electron chi connectivity index (χ2n) is 7.65. The Morgan fingerprint density at radius 3 is 2.26 bits per heavy atom. The van der Waals surface area contributed by atoms with Gasteiger partial charge in [-0.2, -0.15) is 0 Å². The standard InChI is InChI=1S/C18H20F3NO5/c1-16(2)12-8-22(14(15(24)25)17(12,16)3)13(23)9-26-10-4-6-11(7-5-10)27-18(19,20)21/h4-7,12,14H,8-9H2,1-3H3,(H,24,25)/t12-,14+,17-/m0/s1. The van der Waals surface area contributed by atoms with Gasteiger partial charge in [0.15, 0.2) is 6.61 Å². The molecule has 1 aromatic carbocycles. The molecule has 1 aliphatic carbocycles. The zero-order valence-corrected chi connectivity index (χ0v) is 15.0. The lowest BCUT2D eigenvalue weighted by Crippen LogP contribution is -2.49. The Hall–Kier alpha value is -2.45. The van der Waals surface area contributed by atoms with E-state index in [0.29, 0.717) is 6.54 Å². The van der Waals surface area contributed by atoms with Gasteiger partial charge in [-0.15, -0.1) is 13.2 Å². The van der Waals surface area contributed by atoms with Gasteiger partial charge in [0.2, 0.25) is 0 Å². The van der Waals surface area contributed by atoms with E-state index in [-0.39, 0.29) is 17.1 Å². The summed E-state index contributed by atoms with van der Waals surface area (Å²) in [5.74, 6) is -1.63. The minimum Gasteiger partial charge on any atom is -0.484 e. The molecule has 148 valence electrons. The molecule has 1 aromatic rings. The van der Waals surface area contributed by atoms with Gasteiger partial charge in [0.05, 0.1) is 0 Å². The molecule has 0 radical (unpaired) electrons. The van der Waals surface area contributed by atoms with Crippen LogP contribution >= 0.6 is 0 Å². The lowest BCUT2D eigenvalue weighted by atomic mass is 9.89. The van der Waals surface area contributed by atoms with Crippen molar-refractivity contribution in [3.63, 3.8) is 0 Å². The summed E-state index contributed by atoms with van der Waals surface area (Å²) in [4.78, 5) is 25.5. The first-order chi connectivity index (χ1) is 12.4. The number of hydrogen-bond donors (Lipinski definition) is 1. The van der Waals surface area contributed by atoms with Gasteiger partial charge in [-0.05, 0) is 35.6 Å². The van der Waals surface area contributed by atoms with Crippen molar-refractivity contribution in [3.8, 4) is 11.5 Å². The molecule has 0 spiro atoms. The molecule has 0 bridgehead atoms. The largest absolute Gasteiger partial charge is 0.573 e. The van der Waals surface area contributed by atoms with Crippen LogP contribution in [0.5, 0.6) is 11.5 Å². The van der Waals surface area contributed by atoms with Crippen molar-refractivity contribution in [2.45, 2.75) is 33.2 Å². The highest BCUT2D eigenvalue weighted by atomic mass is 19.4. The summed E-state index contributed by atoms with van der Waals surface area (Å²) in [5.41, 5.74) is -0.632. The summed E-state index contributed by atoms with van der Waals surface area (Å²) in [5, 5.41) is 9.60. The molecule has 0 unspecified atom stereocenters. The Balaban J connectivity index is 1.61. The van der Waals surface area contributed by atoms with Gasteiger partial charge in [-0.1, -0.05) is 20.8 Å². The molecule has 1 aliphatic heterocycles. The maximum absolute atomic E-state index is 12.5. The maximum atomic E-state index is 12.5. The molecule has 0 aromatic heterocycles. The fraction of sp³-hybridized carbons (Fsp3) is 0.556. The number of carbonyl (C=O) groups is 2. The molecular formula is C18H20F3NO5. The molecule has 3 rings (SSSR count). The third-order valence-corrected chi connectivity index (χ3v) is 6.13. The molecule has 27 heavy (non-hydrogen) atoms. The Labute approximate surface area is 153 Å². The number of nitrogens with zero attached hydrogens (tertiary/aromatic N) is 1. The van der Waals surface area contributed by atoms with Gasteiger partial charge < -0.3 is 19.5 Å². The number of rotatable bonds is 5. The molecule has 1 saturated carbocycles. The molecule has 1 N–H and O–H groups in total. The van der Waals surface area contributed by atoms with Gasteiger partial charge in [-0.3, -0.25) is 4.79 Å². The fourth-order valence-corrected chi connectivity index (χ4v) is 4.33. The summed E-state index contributed by atoms with van der Waals surface area (Å²) in [6.45, 7) is 5.82. The number of carboxylic acid groups (broad SMARTS) is 1. The van der Waals surface area contributed by atoms with Gasteiger partial charge in [-0.25, -0.2) is 4.79 Å². The van der Waals surface area contributed by atoms with E-state index in [9.17, 15) is 27.9 Å². The highest BCUT2D eigenvalue weighted by molar-refractivity contribution is 5.87. The van der Waals surface area contributed by atoms with Crippen LogP contribution in [0, 0.1) is 16.7 Å². The molecular weight excluding hydrogens is 367 g/mol. The third-order valence-electron chi connectivity index (χ3n) is 6.13. The summed E-state index contributed by atoms with van der Waals surface area (Å²) in [6, 6.07) is 3.71. The molecule has 3 atom stereocenters. The number of carboxylic acids is 1. The summed E-state index contributed by atoms with van der Waals surface area (Å²) in [7, 11) is 0. The van der Waals surface area contributed by atoms with Crippen molar-refractivity contribution in [3.05, 3.63) is 24.3 Å².